The van der Waals surface area contributed by atoms with Crippen molar-refractivity contribution in [3.63, 3.8) is 0 Å². The smallest absolute Gasteiger partial charge is 0.471 e. The Morgan fingerprint density at radius 1 is 1.36 bits per heavy atom. The lowest BCUT2D eigenvalue weighted by Gasteiger charge is -2.17. The summed E-state index contributed by atoms with van der Waals surface area (Å²) in [5, 5.41) is 8.20. The molecule has 0 aromatic rings. The molecule has 4 nitrogen and oxygen atoms in total. The Morgan fingerprint density at radius 2 is 1.86 bits per heavy atom. The van der Waals surface area contributed by atoms with Crippen LogP contribution in [0.1, 0.15) is 12.8 Å². The van der Waals surface area contributed by atoms with E-state index in [2.05, 4.69) is 0 Å². The highest BCUT2D eigenvalue weighted by molar-refractivity contribution is 5.81. The van der Waals surface area contributed by atoms with E-state index in [0.29, 0.717) is 4.90 Å². The van der Waals surface area contributed by atoms with Crippen LogP contribution in [0.3, 0.4) is 0 Å². The average molecular weight is 213 g/mol. The van der Waals surface area contributed by atoms with Gasteiger partial charge in [-0.15, -0.1) is 0 Å². The van der Waals surface area contributed by atoms with Crippen LogP contribution >= 0.6 is 0 Å². The standard InChI is InChI=1S/C7H10F3NO3/c1-11(4-2-3-5(12)13)6(14)7(8,9)10/h2-4H2,1H3,(H,12,13). The zero-order valence-corrected chi connectivity index (χ0v) is 7.47. The number of alkyl halides is 3. The number of nitrogens with zero attached hydrogens (tertiary/aromatic N) is 1. The highest BCUT2D eigenvalue weighted by Gasteiger charge is 2.40. The SMILES string of the molecule is CN(CCCC(=O)O)C(=O)C(F)(F)F. The third kappa shape index (κ3) is 4.68. The number of hydrogen-bond acceptors (Lipinski definition) is 2. The number of rotatable bonds is 4. The fraction of sp³-hybridized carbons (Fsp3) is 0.714. The maximum absolute atomic E-state index is 11.8. The molecule has 0 atom stereocenters. The van der Waals surface area contributed by atoms with E-state index in [-0.39, 0.29) is 19.4 Å². The monoisotopic (exact) mass is 213 g/mol. The first kappa shape index (κ1) is 12.7. The minimum Gasteiger partial charge on any atom is -0.481 e. The molecule has 0 aliphatic heterocycles. The molecule has 0 aromatic heterocycles. The zero-order chi connectivity index (χ0) is 11.4. The van der Waals surface area contributed by atoms with Crippen molar-refractivity contribution in [3.8, 4) is 0 Å². The van der Waals surface area contributed by atoms with Gasteiger partial charge in [0.05, 0.1) is 0 Å². The summed E-state index contributed by atoms with van der Waals surface area (Å²) in [6.45, 7) is -0.218. The molecular formula is C7H10F3NO3. The predicted molar refractivity (Wildman–Crippen MR) is 40.6 cm³/mol. The summed E-state index contributed by atoms with van der Waals surface area (Å²) >= 11 is 0. The minimum atomic E-state index is -4.89. The lowest BCUT2D eigenvalue weighted by Crippen LogP contribution is -2.39. The van der Waals surface area contributed by atoms with Crippen molar-refractivity contribution < 1.29 is 27.9 Å². The predicted octanol–water partition coefficient (Wildman–Crippen LogP) is 0.872. The zero-order valence-electron chi connectivity index (χ0n) is 7.47. The van der Waals surface area contributed by atoms with Crippen LogP contribution in [0.2, 0.25) is 0 Å². The van der Waals surface area contributed by atoms with Crippen LogP contribution in [0, 0.1) is 0 Å². The minimum absolute atomic E-state index is 0.00759. The number of carboxylic acids is 1. The van der Waals surface area contributed by atoms with E-state index in [4.69, 9.17) is 5.11 Å². The maximum Gasteiger partial charge on any atom is 0.471 e. The number of amides is 1. The van der Waals surface area contributed by atoms with Crippen molar-refractivity contribution in [3.05, 3.63) is 0 Å². The first-order valence-corrected chi connectivity index (χ1v) is 3.79. The van der Waals surface area contributed by atoms with E-state index in [0.717, 1.165) is 7.05 Å². The summed E-state index contributed by atoms with van der Waals surface area (Å²) in [6, 6.07) is 0. The summed E-state index contributed by atoms with van der Waals surface area (Å²) in [5.74, 6) is -3.05. The Hall–Kier alpha value is -1.27. The molecule has 0 radical (unpaired) electrons. The second-order valence-electron chi connectivity index (χ2n) is 2.72. The van der Waals surface area contributed by atoms with Gasteiger partial charge in [0, 0.05) is 20.0 Å². The van der Waals surface area contributed by atoms with Crippen molar-refractivity contribution in [2.24, 2.45) is 0 Å². The van der Waals surface area contributed by atoms with Gasteiger partial charge in [-0.1, -0.05) is 0 Å². The molecule has 0 aromatic carbocycles. The van der Waals surface area contributed by atoms with Crippen molar-refractivity contribution in [2.75, 3.05) is 13.6 Å². The first-order valence-electron chi connectivity index (χ1n) is 3.79. The van der Waals surface area contributed by atoms with Gasteiger partial charge in [-0.05, 0) is 6.42 Å². The van der Waals surface area contributed by atoms with Gasteiger partial charge in [0.15, 0.2) is 0 Å². The third-order valence-corrected chi connectivity index (χ3v) is 1.47. The van der Waals surface area contributed by atoms with Gasteiger partial charge in [0.1, 0.15) is 0 Å². The largest absolute Gasteiger partial charge is 0.481 e. The molecule has 1 amide bonds. The Bertz CT molecular complexity index is 227. The van der Waals surface area contributed by atoms with Crippen LogP contribution < -0.4 is 0 Å². The van der Waals surface area contributed by atoms with E-state index in [9.17, 15) is 22.8 Å². The normalized spacial score (nSPS) is 11.1. The highest BCUT2D eigenvalue weighted by atomic mass is 19.4. The van der Waals surface area contributed by atoms with Crippen LogP contribution in [-0.4, -0.2) is 41.7 Å². The number of aliphatic carboxylic acids is 1. The quantitative estimate of drug-likeness (QED) is 0.753. The van der Waals surface area contributed by atoms with E-state index >= 15 is 0 Å². The molecule has 0 rings (SSSR count). The van der Waals surface area contributed by atoms with Crippen LogP contribution in [-0.2, 0) is 9.59 Å². The molecule has 0 unspecified atom stereocenters. The van der Waals surface area contributed by atoms with Gasteiger partial charge >= 0.3 is 18.1 Å². The molecular weight excluding hydrogens is 203 g/mol. The topological polar surface area (TPSA) is 57.6 Å². The summed E-state index contributed by atoms with van der Waals surface area (Å²) in [4.78, 5) is 21.0. The molecule has 82 valence electrons. The molecule has 0 saturated heterocycles. The van der Waals surface area contributed by atoms with Gasteiger partial charge in [0.25, 0.3) is 0 Å². The Kier molecular flexibility index (Phi) is 4.39. The molecule has 0 heterocycles. The highest BCUT2D eigenvalue weighted by Crippen LogP contribution is 2.17. The molecule has 0 spiro atoms. The summed E-state index contributed by atoms with van der Waals surface area (Å²) < 4.78 is 35.3. The number of hydrogen-bond donors (Lipinski definition) is 1. The van der Waals surface area contributed by atoms with Gasteiger partial charge < -0.3 is 10.0 Å². The molecule has 0 fully saturated rings. The van der Waals surface area contributed by atoms with E-state index < -0.39 is 18.1 Å². The van der Waals surface area contributed by atoms with Gasteiger partial charge in [-0.3, -0.25) is 9.59 Å². The summed E-state index contributed by atoms with van der Waals surface area (Å²) in [7, 11) is 0.984. The molecule has 14 heavy (non-hydrogen) atoms. The van der Waals surface area contributed by atoms with Crippen LogP contribution in [0.4, 0.5) is 13.2 Å². The maximum atomic E-state index is 11.8. The van der Waals surface area contributed by atoms with Crippen molar-refractivity contribution in [2.45, 2.75) is 19.0 Å². The second kappa shape index (κ2) is 4.83. The number of carbonyl (C=O) groups is 2. The van der Waals surface area contributed by atoms with Crippen molar-refractivity contribution in [1.82, 2.24) is 4.90 Å². The average Bonchev–Trinajstić information content (AvgIpc) is 2.00. The van der Waals surface area contributed by atoms with Crippen LogP contribution in [0.15, 0.2) is 0 Å². The van der Waals surface area contributed by atoms with E-state index in [1.807, 2.05) is 0 Å². The number of carbonyl (C=O) groups excluding carboxylic acids is 1. The van der Waals surface area contributed by atoms with E-state index in [1.165, 1.54) is 0 Å². The fourth-order valence-corrected chi connectivity index (χ4v) is 0.785. The Morgan fingerprint density at radius 3 is 2.21 bits per heavy atom. The van der Waals surface area contributed by atoms with Crippen LogP contribution in [0.5, 0.6) is 0 Å². The molecule has 0 bridgehead atoms. The third-order valence-electron chi connectivity index (χ3n) is 1.47. The van der Waals surface area contributed by atoms with Crippen molar-refractivity contribution >= 4 is 11.9 Å². The molecule has 0 aliphatic rings. The van der Waals surface area contributed by atoms with Gasteiger partial charge in [-0.25, -0.2) is 0 Å². The Balaban J connectivity index is 3.91. The second-order valence-corrected chi connectivity index (χ2v) is 2.72. The number of halogens is 3. The summed E-state index contributed by atoms with van der Waals surface area (Å²) in [6.07, 6.45) is -5.14. The molecule has 0 saturated carbocycles. The van der Waals surface area contributed by atoms with Gasteiger partial charge in [-0.2, -0.15) is 13.2 Å². The number of carboxylic acid groups (broad SMARTS) is 1. The Labute approximate surface area is 78.3 Å². The van der Waals surface area contributed by atoms with E-state index in [1.54, 1.807) is 0 Å². The summed E-state index contributed by atoms with van der Waals surface area (Å²) in [5.41, 5.74) is 0. The van der Waals surface area contributed by atoms with Crippen molar-refractivity contribution in [1.29, 1.82) is 0 Å². The van der Waals surface area contributed by atoms with Crippen LogP contribution in [0.25, 0.3) is 0 Å². The lowest BCUT2D eigenvalue weighted by molar-refractivity contribution is -0.184. The molecule has 0 aliphatic carbocycles. The fourth-order valence-electron chi connectivity index (χ4n) is 0.785. The molecule has 7 heteroatoms. The van der Waals surface area contributed by atoms with Gasteiger partial charge in [0.2, 0.25) is 0 Å². The lowest BCUT2D eigenvalue weighted by atomic mass is 10.3. The molecule has 1 N–H and O–H groups in total. The first-order chi connectivity index (χ1) is 6.25.